The predicted octanol–water partition coefficient (Wildman–Crippen LogP) is 5.79. The Morgan fingerprint density at radius 2 is 1.66 bits per heavy atom. The van der Waals surface area contributed by atoms with Crippen molar-refractivity contribution < 1.29 is 14.3 Å². The molecule has 3 aromatic carbocycles. The van der Waals surface area contributed by atoms with E-state index in [1.54, 1.807) is 20.3 Å². The van der Waals surface area contributed by atoms with E-state index in [1.807, 2.05) is 48.5 Å². The van der Waals surface area contributed by atoms with E-state index in [4.69, 9.17) is 14.5 Å². The fourth-order valence-corrected chi connectivity index (χ4v) is 4.50. The highest BCUT2D eigenvalue weighted by Crippen LogP contribution is 2.42. The molecular formula is C29H33N3O3. The average molecular weight is 472 g/mol. The van der Waals surface area contributed by atoms with Gasteiger partial charge in [0.05, 0.1) is 25.6 Å². The van der Waals surface area contributed by atoms with Gasteiger partial charge in [0, 0.05) is 18.3 Å². The first-order valence-corrected chi connectivity index (χ1v) is 12.1. The third-order valence-corrected chi connectivity index (χ3v) is 6.31. The molecule has 0 saturated carbocycles. The highest BCUT2D eigenvalue weighted by molar-refractivity contribution is 6.24. The van der Waals surface area contributed by atoms with Gasteiger partial charge in [0.1, 0.15) is 5.92 Å². The summed E-state index contributed by atoms with van der Waals surface area (Å²) in [5.74, 6) is 0.474. The maximum Gasteiger partial charge on any atom is 0.238 e. The number of hydrogen-bond donors (Lipinski definition) is 1. The minimum Gasteiger partial charge on any atom is -0.493 e. The van der Waals surface area contributed by atoms with E-state index in [-0.39, 0.29) is 5.91 Å². The Hall–Kier alpha value is -3.64. The Morgan fingerprint density at radius 3 is 2.29 bits per heavy atom. The number of carbonyl (C=O) groups excluding carboxylic acids is 1. The zero-order valence-corrected chi connectivity index (χ0v) is 20.9. The van der Waals surface area contributed by atoms with Crippen LogP contribution in [0.15, 0.2) is 71.7 Å². The second kappa shape index (κ2) is 11.2. The van der Waals surface area contributed by atoms with Crippen molar-refractivity contribution in [2.75, 3.05) is 32.6 Å². The normalized spacial score (nSPS) is 15.2. The molecule has 1 aliphatic rings. The van der Waals surface area contributed by atoms with E-state index >= 15 is 0 Å². The van der Waals surface area contributed by atoms with Gasteiger partial charge in [0.25, 0.3) is 0 Å². The van der Waals surface area contributed by atoms with Gasteiger partial charge in [0.2, 0.25) is 5.91 Å². The molecule has 1 amide bonds. The van der Waals surface area contributed by atoms with Crippen molar-refractivity contribution in [3.8, 4) is 11.5 Å². The minimum atomic E-state index is -0.563. The van der Waals surface area contributed by atoms with Gasteiger partial charge in [0.15, 0.2) is 11.5 Å². The fraction of sp³-hybridized carbons (Fsp3) is 0.310. The summed E-state index contributed by atoms with van der Waals surface area (Å²) < 4.78 is 10.9. The maximum atomic E-state index is 13.2. The smallest absolute Gasteiger partial charge is 0.238 e. The van der Waals surface area contributed by atoms with Crippen molar-refractivity contribution in [2.24, 2.45) is 4.99 Å². The molecule has 1 N–H and O–H groups in total. The molecule has 0 fully saturated rings. The number of rotatable bonds is 10. The number of carbonyl (C=O) groups is 1. The number of anilines is 1. The predicted molar refractivity (Wildman–Crippen MR) is 141 cm³/mol. The van der Waals surface area contributed by atoms with Crippen LogP contribution < -0.4 is 14.8 Å². The van der Waals surface area contributed by atoms with Gasteiger partial charge in [-0.2, -0.15) is 0 Å². The van der Waals surface area contributed by atoms with Gasteiger partial charge in [-0.1, -0.05) is 56.3 Å². The third kappa shape index (κ3) is 5.38. The van der Waals surface area contributed by atoms with E-state index in [0.29, 0.717) is 22.9 Å². The summed E-state index contributed by atoms with van der Waals surface area (Å²) in [6.07, 6.45) is 1.14. The number of aliphatic imine (C=N–C) groups is 1. The number of nitrogens with zero attached hydrogens (tertiary/aromatic N) is 2. The molecule has 1 heterocycles. The average Bonchev–Trinajstić information content (AvgIpc) is 3.21. The van der Waals surface area contributed by atoms with Crippen LogP contribution in [0.4, 0.5) is 11.4 Å². The topological polar surface area (TPSA) is 63.2 Å². The Bertz CT molecular complexity index is 1190. The lowest BCUT2D eigenvalue weighted by atomic mass is 9.90. The monoisotopic (exact) mass is 471 g/mol. The highest BCUT2D eigenvalue weighted by Gasteiger charge is 2.36. The molecule has 0 aromatic heterocycles. The van der Waals surface area contributed by atoms with Gasteiger partial charge >= 0.3 is 0 Å². The SMILES string of the molecule is CCCN(CC)Cc1ccc(N=C(c2ccccc2)C2C(=O)Nc3cc(OC)c(OC)cc32)cc1. The maximum absolute atomic E-state index is 13.2. The molecule has 182 valence electrons. The number of hydrogen-bond acceptors (Lipinski definition) is 5. The van der Waals surface area contributed by atoms with Crippen LogP contribution in [0.2, 0.25) is 0 Å². The Labute approximate surface area is 207 Å². The summed E-state index contributed by atoms with van der Waals surface area (Å²) in [5.41, 5.74) is 5.20. The molecule has 1 atom stereocenters. The summed E-state index contributed by atoms with van der Waals surface area (Å²) in [4.78, 5) is 20.7. The lowest BCUT2D eigenvalue weighted by molar-refractivity contribution is -0.115. The van der Waals surface area contributed by atoms with Crippen molar-refractivity contribution in [1.29, 1.82) is 0 Å². The molecule has 0 radical (unpaired) electrons. The number of fused-ring (bicyclic) bond motifs is 1. The lowest BCUT2D eigenvalue weighted by Gasteiger charge is -2.19. The number of amides is 1. The molecule has 6 nitrogen and oxygen atoms in total. The molecule has 0 spiro atoms. The summed E-state index contributed by atoms with van der Waals surface area (Å²) in [5, 5.41) is 3.00. The molecule has 35 heavy (non-hydrogen) atoms. The number of methoxy groups -OCH3 is 2. The fourth-order valence-electron chi connectivity index (χ4n) is 4.50. The van der Waals surface area contributed by atoms with Crippen molar-refractivity contribution >= 4 is 23.0 Å². The first kappa shape index (κ1) is 24.5. The largest absolute Gasteiger partial charge is 0.493 e. The van der Waals surface area contributed by atoms with E-state index in [2.05, 4.69) is 36.2 Å². The van der Waals surface area contributed by atoms with Crippen LogP contribution in [-0.4, -0.2) is 43.8 Å². The molecular weight excluding hydrogens is 438 g/mol. The molecule has 1 aliphatic heterocycles. The van der Waals surface area contributed by atoms with Crippen LogP contribution >= 0.6 is 0 Å². The van der Waals surface area contributed by atoms with Crippen LogP contribution in [0.3, 0.4) is 0 Å². The van der Waals surface area contributed by atoms with E-state index in [0.717, 1.165) is 42.9 Å². The zero-order chi connectivity index (χ0) is 24.8. The Kier molecular flexibility index (Phi) is 7.83. The standard InChI is InChI=1S/C29H33N3O3/c1-5-16-32(6-2)19-20-12-14-22(15-13-20)30-28(21-10-8-7-9-11-21)27-23-17-25(34-3)26(35-4)18-24(23)31-29(27)33/h7-15,17-18,27H,5-6,16,19H2,1-4H3,(H,31,33). The van der Waals surface area contributed by atoms with Crippen molar-refractivity contribution in [1.82, 2.24) is 4.90 Å². The molecule has 4 rings (SSSR count). The first-order valence-electron chi connectivity index (χ1n) is 12.1. The van der Waals surface area contributed by atoms with E-state index in [1.165, 1.54) is 5.56 Å². The lowest BCUT2D eigenvalue weighted by Crippen LogP contribution is -2.23. The molecule has 0 aliphatic carbocycles. The van der Waals surface area contributed by atoms with E-state index in [9.17, 15) is 4.79 Å². The summed E-state index contributed by atoms with van der Waals surface area (Å²) in [7, 11) is 3.18. The van der Waals surface area contributed by atoms with Crippen molar-refractivity contribution in [2.45, 2.75) is 32.7 Å². The Balaban J connectivity index is 1.73. The summed E-state index contributed by atoms with van der Waals surface area (Å²) in [6.45, 7) is 7.42. The summed E-state index contributed by atoms with van der Waals surface area (Å²) >= 11 is 0. The van der Waals surface area contributed by atoms with Gasteiger partial charge in [-0.05, 0) is 54.4 Å². The second-order valence-corrected chi connectivity index (χ2v) is 8.61. The quantitative estimate of drug-likeness (QED) is 0.380. The van der Waals surface area contributed by atoms with Crippen LogP contribution in [0.1, 0.15) is 42.9 Å². The van der Waals surface area contributed by atoms with Gasteiger partial charge < -0.3 is 14.8 Å². The first-order chi connectivity index (χ1) is 17.1. The zero-order valence-electron chi connectivity index (χ0n) is 20.9. The third-order valence-electron chi connectivity index (χ3n) is 6.31. The van der Waals surface area contributed by atoms with Crippen LogP contribution in [-0.2, 0) is 11.3 Å². The number of benzene rings is 3. The molecule has 0 bridgehead atoms. The minimum absolute atomic E-state index is 0.118. The highest BCUT2D eigenvalue weighted by atomic mass is 16.5. The van der Waals surface area contributed by atoms with Crippen LogP contribution in [0.25, 0.3) is 0 Å². The van der Waals surface area contributed by atoms with Crippen LogP contribution in [0, 0.1) is 0 Å². The second-order valence-electron chi connectivity index (χ2n) is 8.61. The van der Waals surface area contributed by atoms with Crippen LogP contribution in [0.5, 0.6) is 11.5 Å². The molecule has 3 aromatic rings. The number of nitrogens with one attached hydrogen (secondary N) is 1. The molecule has 0 saturated heterocycles. The van der Waals surface area contributed by atoms with Gasteiger partial charge in [-0.15, -0.1) is 0 Å². The van der Waals surface area contributed by atoms with Crippen molar-refractivity contribution in [3.63, 3.8) is 0 Å². The van der Waals surface area contributed by atoms with Gasteiger partial charge in [-0.3, -0.25) is 14.7 Å². The molecule has 6 heteroatoms. The molecule has 1 unspecified atom stereocenters. The summed E-state index contributed by atoms with van der Waals surface area (Å²) in [6, 6.07) is 21.8. The van der Waals surface area contributed by atoms with E-state index < -0.39 is 5.92 Å². The number of ether oxygens (including phenoxy) is 2. The van der Waals surface area contributed by atoms with Gasteiger partial charge in [-0.25, -0.2) is 0 Å². The van der Waals surface area contributed by atoms with Crippen molar-refractivity contribution in [3.05, 3.63) is 83.4 Å². The Morgan fingerprint density at radius 1 is 0.971 bits per heavy atom.